The van der Waals surface area contributed by atoms with Crippen LogP contribution in [0.5, 0.6) is 5.88 Å². The molecule has 0 radical (unpaired) electrons. The van der Waals surface area contributed by atoms with E-state index >= 15 is 0 Å². The van der Waals surface area contributed by atoms with Crippen molar-refractivity contribution in [3.05, 3.63) is 41.2 Å². The zero-order valence-electron chi connectivity index (χ0n) is 17.6. The highest BCUT2D eigenvalue weighted by atomic mass is 19.4. The molecule has 0 saturated heterocycles. The number of nitrogens with zero attached hydrogens (tertiary/aromatic N) is 3. The number of aromatic nitrogens is 3. The number of carbonyl (C=O) groups excluding carboxylic acids is 2. The normalized spacial score (nSPS) is 12.4. The van der Waals surface area contributed by atoms with Gasteiger partial charge in [-0.15, -0.1) is 5.10 Å². The predicted octanol–water partition coefficient (Wildman–Crippen LogP) is 3.14. The fourth-order valence-corrected chi connectivity index (χ4v) is 2.49. The first-order chi connectivity index (χ1) is 14.4. The molecule has 2 aromatic heterocycles. The Bertz CT molecular complexity index is 917. The molecule has 1 unspecified atom stereocenters. The number of aryl methyl sites for hydroxylation is 1. The van der Waals surface area contributed by atoms with Crippen LogP contribution in [0.15, 0.2) is 24.3 Å². The van der Waals surface area contributed by atoms with Gasteiger partial charge in [0.1, 0.15) is 5.82 Å². The van der Waals surface area contributed by atoms with E-state index in [1.54, 1.807) is 39.8 Å². The monoisotopic (exact) mass is 439 g/mol. The van der Waals surface area contributed by atoms with Gasteiger partial charge in [0.05, 0.1) is 18.2 Å². The molecule has 11 heteroatoms. The van der Waals surface area contributed by atoms with Gasteiger partial charge in [0.15, 0.2) is 6.61 Å². The van der Waals surface area contributed by atoms with Crippen LogP contribution in [0.25, 0.3) is 0 Å². The highest BCUT2D eigenvalue weighted by Gasteiger charge is 2.28. The maximum atomic E-state index is 12.3. The minimum atomic E-state index is -4.47. The average Bonchev–Trinajstić information content (AvgIpc) is 2.66. The number of carbonyl (C=O) groups is 2. The molecule has 0 fully saturated rings. The Morgan fingerprint density at radius 3 is 2.42 bits per heavy atom. The number of halogens is 3. The lowest BCUT2D eigenvalue weighted by Crippen LogP contribution is -2.29. The highest BCUT2D eigenvalue weighted by Crippen LogP contribution is 2.19. The summed E-state index contributed by atoms with van der Waals surface area (Å²) in [6, 6.07) is 5.69. The molecule has 2 aromatic rings. The largest absolute Gasteiger partial charge is 0.467 e. The first kappa shape index (κ1) is 24.0. The number of amides is 2. The molecule has 0 spiro atoms. The van der Waals surface area contributed by atoms with Crippen molar-refractivity contribution >= 4 is 17.6 Å². The Morgan fingerprint density at radius 2 is 1.84 bits per heavy atom. The van der Waals surface area contributed by atoms with Gasteiger partial charge in [-0.25, -0.2) is 4.98 Å². The van der Waals surface area contributed by atoms with Crippen molar-refractivity contribution in [1.82, 2.24) is 20.5 Å². The van der Waals surface area contributed by atoms with Gasteiger partial charge in [-0.2, -0.15) is 18.3 Å². The third-order valence-electron chi connectivity index (χ3n) is 4.05. The summed E-state index contributed by atoms with van der Waals surface area (Å²) < 4.78 is 40.9. The number of hydrogen-bond acceptors (Lipinski definition) is 6. The van der Waals surface area contributed by atoms with Gasteiger partial charge < -0.3 is 15.4 Å². The Balaban J connectivity index is 1.96. The summed E-state index contributed by atoms with van der Waals surface area (Å²) >= 11 is 0. The molecule has 0 saturated carbocycles. The molecule has 0 aliphatic rings. The fourth-order valence-electron chi connectivity index (χ4n) is 2.49. The summed E-state index contributed by atoms with van der Waals surface area (Å²) in [5.74, 6) is -0.600. The van der Waals surface area contributed by atoms with E-state index in [2.05, 4.69) is 30.6 Å². The zero-order chi connectivity index (χ0) is 23.2. The minimum absolute atomic E-state index is 0.113. The smallest absolute Gasteiger partial charge is 0.422 e. The molecule has 2 amide bonds. The Hall–Kier alpha value is -3.24. The molecule has 0 aliphatic carbocycles. The number of ether oxygens (including phenoxy) is 1. The Kier molecular flexibility index (Phi) is 7.89. The molecule has 8 nitrogen and oxygen atoms in total. The topological polar surface area (TPSA) is 106 Å². The molecular weight excluding hydrogens is 415 g/mol. The summed E-state index contributed by atoms with van der Waals surface area (Å²) in [6.45, 7) is 5.63. The second-order valence-electron chi connectivity index (χ2n) is 7.30. The third kappa shape index (κ3) is 8.19. The molecule has 0 aromatic carbocycles. The summed E-state index contributed by atoms with van der Waals surface area (Å²) in [6.07, 6.45) is -4.59. The van der Waals surface area contributed by atoms with E-state index in [-0.39, 0.29) is 41.8 Å². The van der Waals surface area contributed by atoms with Crippen LogP contribution in [0.3, 0.4) is 0 Å². The number of hydrogen-bond donors (Lipinski definition) is 2. The van der Waals surface area contributed by atoms with Crippen molar-refractivity contribution in [2.24, 2.45) is 5.92 Å². The van der Waals surface area contributed by atoms with Crippen molar-refractivity contribution in [2.75, 3.05) is 11.9 Å². The van der Waals surface area contributed by atoms with Crippen molar-refractivity contribution < 1.29 is 27.5 Å². The molecule has 2 N–H and O–H groups in total. The summed E-state index contributed by atoms with van der Waals surface area (Å²) in [7, 11) is 0. The first-order valence-corrected chi connectivity index (χ1v) is 9.54. The van der Waals surface area contributed by atoms with E-state index in [0.717, 1.165) is 5.56 Å². The van der Waals surface area contributed by atoms with E-state index in [0.29, 0.717) is 11.5 Å². The average molecular weight is 439 g/mol. The van der Waals surface area contributed by atoms with Crippen LogP contribution in [0.2, 0.25) is 0 Å². The van der Waals surface area contributed by atoms with Gasteiger partial charge in [-0.05, 0) is 37.6 Å². The summed E-state index contributed by atoms with van der Waals surface area (Å²) in [5, 5.41) is 12.8. The van der Waals surface area contributed by atoms with Crippen LogP contribution >= 0.6 is 0 Å². The zero-order valence-corrected chi connectivity index (χ0v) is 17.6. The fraction of sp³-hybridized carbons (Fsp3) is 0.450. The van der Waals surface area contributed by atoms with Gasteiger partial charge in [0.25, 0.3) is 0 Å². The van der Waals surface area contributed by atoms with Crippen LogP contribution < -0.4 is 15.4 Å². The molecule has 1 atom stereocenters. The third-order valence-corrected chi connectivity index (χ3v) is 4.05. The van der Waals surface area contributed by atoms with E-state index in [1.807, 2.05) is 0 Å². The number of pyridine rings is 1. The molecule has 0 aliphatic heterocycles. The summed E-state index contributed by atoms with van der Waals surface area (Å²) in [4.78, 5) is 28.5. The van der Waals surface area contributed by atoms with Gasteiger partial charge in [0, 0.05) is 17.7 Å². The van der Waals surface area contributed by atoms with Crippen LogP contribution in [0.1, 0.15) is 43.8 Å². The molecule has 0 bridgehead atoms. The summed E-state index contributed by atoms with van der Waals surface area (Å²) in [5.41, 5.74) is 1.71. The number of nitrogens with one attached hydrogen (secondary N) is 2. The lowest BCUT2D eigenvalue weighted by Gasteiger charge is -2.16. The van der Waals surface area contributed by atoms with Crippen molar-refractivity contribution in [2.45, 2.75) is 46.3 Å². The van der Waals surface area contributed by atoms with Gasteiger partial charge in [-0.3, -0.25) is 9.59 Å². The van der Waals surface area contributed by atoms with Gasteiger partial charge in [0.2, 0.25) is 17.7 Å². The van der Waals surface area contributed by atoms with Crippen molar-refractivity contribution in [3.8, 4) is 5.88 Å². The standard InChI is InChI=1S/C20H24F3N5O3/c1-11(2)19(30)26-16-8-14(7-12(3)24-16)13(4)25-17(29)9-15-5-6-18(28-27-15)31-10-20(21,22)23/h5-8,11,13H,9-10H2,1-4H3,(H,25,29)(H,24,26,30). The van der Waals surface area contributed by atoms with E-state index < -0.39 is 12.8 Å². The van der Waals surface area contributed by atoms with Crippen molar-refractivity contribution in [1.29, 1.82) is 0 Å². The van der Waals surface area contributed by atoms with Crippen LogP contribution in [0, 0.1) is 12.8 Å². The number of rotatable bonds is 8. The highest BCUT2D eigenvalue weighted by molar-refractivity contribution is 5.91. The number of anilines is 1. The van der Waals surface area contributed by atoms with Crippen LogP contribution in [-0.2, 0) is 16.0 Å². The molecule has 31 heavy (non-hydrogen) atoms. The van der Waals surface area contributed by atoms with E-state index in [1.165, 1.54) is 12.1 Å². The molecule has 2 heterocycles. The molecule has 2 rings (SSSR count). The SMILES string of the molecule is Cc1cc(C(C)NC(=O)Cc2ccc(OCC(F)(F)F)nn2)cc(NC(=O)C(C)C)n1. The van der Waals surface area contributed by atoms with Gasteiger partial charge >= 0.3 is 6.18 Å². The molecule has 168 valence electrons. The van der Waals surface area contributed by atoms with Crippen molar-refractivity contribution in [3.63, 3.8) is 0 Å². The predicted molar refractivity (Wildman–Crippen MR) is 106 cm³/mol. The minimum Gasteiger partial charge on any atom is -0.467 e. The van der Waals surface area contributed by atoms with E-state index in [4.69, 9.17) is 0 Å². The second kappa shape index (κ2) is 10.2. The van der Waals surface area contributed by atoms with E-state index in [9.17, 15) is 22.8 Å². The maximum absolute atomic E-state index is 12.3. The van der Waals surface area contributed by atoms with Crippen LogP contribution in [0.4, 0.5) is 19.0 Å². The Morgan fingerprint density at radius 1 is 1.13 bits per heavy atom. The quantitative estimate of drug-likeness (QED) is 0.655. The van der Waals surface area contributed by atoms with Gasteiger partial charge in [-0.1, -0.05) is 13.8 Å². The lowest BCUT2D eigenvalue weighted by atomic mass is 10.1. The first-order valence-electron chi connectivity index (χ1n) is 9.54. The molecular formula is C20H24F3N5O3. The second-order valence-corrected chi connectivity index (χ2v) is 7.30. The van der Waals surface area contributed by atoms with Crippen LogP contribution in [-0.4, -0.2) is 39.8 Å². The lowest BCUT2D eigenvalue weighted by molar-refractivity contribution is -0.154. The maximum Gasteiger partial charge on any atom is 0.422 e. The Labute approximate surface area is 177 Å². The number of alkyl halides is 3.